The van der Waals surface area contributed by atoms with Crippen molar-refractivity contribution >= 4 is 23.7 Å². The molecule has 138 valence electrons. The summed E-state index contributed by atoms with van der Waals surface area (Å²) in [5.74, 6) is 0.304. The van der Waals surface area contributed by atoms with Crippen molar-refractivity contribution in [2.45, 2.75) is 20.3 Å². The molecule has 0 radical (unpaired) electrons. The minimum atomic E-state index is -0.427. The number of fused-ring (bicyclic) bond motifs is 2. The van der Waals surface area contributed by atoms with Gasteiger partial charge in [0.2, 0.25) is 5.91 Å². The highest BCUT2D eigenvalue weighted by atomic mass is 16.2. The Morgan fingerprint density at radius 3 is 2.61 bits per heavy atom. The first-order valence-electron chi connectivity index (χ1n) is 9.70. The minimum absolute atomic E-state index is 0.0766. The fourth-order valence-corrected chi connectivity index (χ4v) is 4.15. The third-order valence-corrected chi connectivity index (χ3v) is 5.80. The number of hydrogen-bond donors (Lipinski definition) is 1. The normalized spacial score (nSPS) is 21.6. The van der Waals surface area contributed by atoms with E-state index in [9.17, 15) is 4.79 Å². The van der Waals surface area contributed by atoms with Crippen LogP contribution in [-0.4, -0.2) is 10.9 Å². The number of pyridine rings is 1. The molecule has 1 fully saturated rings. The fourth-order valence-electron chi connectivity index (χ4n) is 4.15. The van der Waals surface area contributed by atoms with Crippen molar-refractivity contribution in [3.05, 3.63) is 82.4 Å². The van der Waals surface area contributed by atoms with E-state index >= 15 is 0 Å². The van der Waals surface area contributed by atoms with E-state index in [0.29, 0.717) is 0 Å². The summed E-state index contributed by atoms with van der Waals surface area (Å²) in [5.41, 5.74) is 4.90. The maximum Gasteiger partial charge on any atom is 0.235 e. The Kier molecular flexibility index (Phi) is 3.73. The van der Waals surface area contributed by atoms with Crippen LogP contribution in [0.1, 0.15) is 17.5 Å². The van der Waals surface area contributed by atoms with Crippen LogP contribution in [0.25, 0.3) is 23.4 Å². The lowest BCUT2D eigenvalue weighted by molar-refractivity contribution is -0.119. The molecule has 1 aromatic heterocycles. The second kappa shape index (κ2) is 6.16. The maximum absolute atomic E-state index is 13.0. The van der Waals surface area contributed by atoms with E-state index < -0.39 is 5.41 Å². The van der Waals surface area contributed by atoms with Gasteiger partial charge in [-0.05, 0) is 61.2 Å². The molecule has 2 aliphatic carbocycles. The smallest absolute Gasteiger partial charge is 0.235 e. The first-order valence-corrected chi connectivity index (χ1v) is 9.70. The molecule has 1 saturated carbocycles. The van der Waals surface area contributed by atoms with Crippen molar-refractivity contribution in [3.8, 4) is 11.3 Å². The number of nitrogens with zero attached hydrogens (tertiary/aromatic N) is 1. The largest absolute Gasteiger partial charge is 0.325 e. The van der Waals surface area contributed by atoms with Gasteiger partial charge >= 0.3 is 0 Å². The molecule has 5 rings (SSSR count). The standard InChI is InChI=1S/C25H22N2O/c1-16-5-3-7-18(11-16)22-10-9-19-14-25(15-20(25)13-23(19)27-22)24(28)26-21-8-4-6-17(2)12-21/h3-14,20H,15H2,1-2H3,(H,26,28). The van der Waals surface area contributed by atoms with Gasteiger partial charge in [0.05, 0.1) is 16.5 Å². The lowest BCUT2D eigenvalue weighted by atomic mass is 9.96. The SMILES string of the molecule is Cc1cccc(NC(=O)C23C=c4ccc(-c5cccc(C)c5)nc4=CC2C3)c1. The van der Waals surface area contributed by atoms with Crippen LogP contribution in [0.3, 0.4) is 0 Å². The average Bonchev–Trinajstić information content (AvgIpc) is 3.40. The molecule has 0 aliphatic heterocycles. The van der Waals surface area contributed by atoms with Crippen LogP contribution in [-0.2, 0) is 4.79 Å². The highest BCUT2D eigenvalue weighted by molar-refractivity contribution is 6.03. The molecule has 1 heterocycles. The zero-order valence-electron chi connectivity index (χ0n) is 16.1. The molecule has 2 aliphatic rings. The number of nitrogens with one attached hydrogen (secondary N) is 1. The van der Waals surface area contributed by atoms with Gasteiger partial charge in [-0.1, -0.05) is 54.1 Å². The van der Waals surface area contributed by atoms with Gasteiger partial charge < -0.3 is 5.32 Å². The van der Waals surface area contributed by atoms with Crippen molar-refractivity contribution in [1.29, 1.82) is 0 Å². The van der Waals surface area contributed by atoms with Crippen molar-refractivity contribution in [2.24, 2.45) is 11.3 Å². The van der Waals surface area contributed by atoms with Crippen molar-refractivity contribution in [1.82, 2.24) is 4.98 Å². The second-order valence-corrected chi connectivity index (χ2v) is 8.03. The molecular weight excluding hydrogens is 344 g/mol. The molecule has 3 nitrogen and oxygen atoms in total. The number of aromatic nitrogens is 1. The lowest BCUT2D eigenvalue weighted by Gasteiger charge is -2.15. The molecule has 1 amide bonds. The van der Waals surface area contributed by atoms with Crippen LogP contribution < -0.4 is 15.9 Å². The van der Waals surface area contributed by atoms with Crippen LogP contribution in [0.4, 0.5) is 5.69 Å². The summed E-state index contributed by atoms with van der Waals surface area (Å²) in [6.07, 6.45) is 5.14. The average molecular weight is 366 g/mol. The first kappa shape index (κ1) is 16.9. The Morgan fingerprint density at radius 2 is 1.82 bits per heavy atom. The molecule has 2 aromatic carbocycles. The number of anilines is 1. The van der Waals surface area contributed by atoms with Crippen LogP contribution in [0.5, 0.6) is 0 Å². The molecule has 0 spiro atoms. The Balaban J connectivity index is 1.47. The Morgan fingerprint density at radius 1 is 1.04 bits per heavy atom. The third-order valence-electron chi connectivity index (χ3n) is 5.80. The zero-order valence-corrected chi connectivity index (χ0v) is 16.1. The molecule has 0 saturated heterocycles. The summed E-state index contributed by atoms with van der Waals surface area (Å²) in [5, 5.41) is 5.13. The summed E-state index contributed by atoms with van der Waals surface area (Å²) < 4.78 is 0. The van der Waals surface area contributed by atoms with Gasteiger partial charge in [0, 0.05) is 11.3 Å². The quantitative estimate of drug-likeness (QED) is 0.770. The van der Waals surface area contributed by atoms with E-state index in [1.165, 1.54) is 5.56 Å². The predicted molar refractivity (Wildman–Crippen MR) is 113 cm³/mol. The van der Waals surface area contributed by atoms with Gasteiger partial charge in [-0.3, -0.25) is 4.79 Å². The summed E-state index contributed by atoms with van der Waals surface area (Å²) >= 11 is 0. The van der Waals surface area contributed by atoms with Gasteiger partial charge in [0.25, 0.3) is 0 Å². The Labute approximate surface area is 164 Å². The van der Waals surface area contributed by atoms with E-state index in [2.05, 4.69) is 54.7 Å². The van der Waals surface area contributed by atoms with Gasteiger partial charge in [-0.15, -0.1) is 0 Å². The molecule has 0 bridgehead atoms. The molecule has 1 N–H and O–H groups in total. The van der Waals surface area contributed by atoms with E-state index in [1.54, 1.807) is 0 Å². The van der Waals surface area contributed by atoms with Crippen LogP contribution in [0, 0.1) is 25.2 Å². The summed E-state index contributed by atoms with van der Waals surface area (Å²) in [7, 11) is 0. The Bertz CT molecular complexity index is 1230. The highest BCUT2D eigenvalue weighted by Gasteiger charge is 2.58. The summed E-state index contributed by atoms with van der Waals surface area (Å²) in [6, 6.07) is 20.5. The number of aryl methyl sites for hydroxylation is 2. The van der Waals surface area contributed by atoms with Crippen molar-refractivity contribution < 1.29 is 4.79 Å². The topological polar surface area (TPSA) is 42.0 Å². The number of benzene rings is 2. The second-order valence-electron chi connectivity index (χ2n) is 8.03. The van der Waals surface area contributed by atoms with Gasteiger partial charge in [-0.2, -0.15) is 0 Å². The monoisotopic (exact) mass is 366 g/mol. The fraction of sp³-hybridized carbons (Fsp3) is 0.200. The van der Waals surface area contributed by atoms with Gasteiger partial charge in [0.15, 0.2) is 0 Å². The van der Waals surface area contributed by atoms with E-state index in [1.807, 2.05) is 37.3 Å². The van der Waals surface area contributed by atoms with Crippen LogP contribution in [0.2, 0.25) is 0 Å². The summed E-state index contributed by atoms with van der Waals surface area (Å²) in [4.78, 5) is 17.9. The van der Waals surface area contributed by atoms with Gasteiger partial charge in [0.1, 0.15) is 0 Å². The van der Waals surface area contributed by atoms with Crippen LogP contribution in [0.15, 0.2) is 60.7 Å². The third kappa shape index (κ3) is 2.84. The zero-order chi connectivity index (χ0) is 19.3. The van der Waals surface area contributed by atoms with E-state index in [0.717, 1.165) is 39.5 Å². The van der Waals surface area contributed by atoms with E-state index in [4.69, 9.17) is 4.98 Å². The first-order chi connectivity index (χ1) is 13.5. The summed E-state index contributed by atoms with van der Waals surface area (Å²) in [6.45, 7) is 4.12. The molecular formula is C25H22N2O. The van der Waals surface area contributed by atoms with Crippen molar-refractivity contribution in [2.75, 3.05) is 5.32 Å². The molecule has 28 heavy (non-hydrogen) atoms. The van der Waals surface area contributed by atoms with Crippen LogP contribution >= 0.6 is 0 Å². The lowest BCUT2D eigenvalue weighted by Crippen LogP contribution is -2.36. The highest BCUT2D eigenvalue weighted by Crippen LogP contribution is 2.56. The minimum Gasteiger partial charge on any atom is -0.325 e. The number of carbonyl (C=O) groups is 1. The van der Waals surface area contributed by atoms with E-state index in [-0.39, 0.29) is 11.8 Å². The molecule has 2 unspecified atom stereocenters. The Hall–Kier alpha value is -3.20. The van der Waals surface area contributed by atoms with Gasteiger partial charge in [-0.25, -0.2) is 4.98 Å². The molecule has 3 heteroatoms. The molecule has 2 atom stereocenters. The maximum atomic E-state index is 13.0. The van der Waals surface area contributed by atoms with Crippen molar-refractivity contribution in [3.63, 3.8) is 0 Å². The number of amides is 1. The predicted octanol–water partition coefficient (Wildman–Crippen LogP) is 3.59. The number of rotatable bonds is 3. The number of carbonyl (C=O) groups excluding carboxylic acids is 1. The number of hydrogen-bond acceptors (Lipinski definition) is 2. The molecule has 3 aromatic rings.